The van der Waals surface area contributed by atoms with Gasteiger partial charge < -0.3 is 15.5 Å². The zero-order valence-electron chi connectivity index (χ0n) is 13.1. The molecule has 1 unspecified atom stereocenters. The molecule has 2 N–H and O–H groups in total. The van der Waals surface area contributed by atoms with Crippen molar-refractivity contribution in [2.24, 2.45) is 0 Å². The van der Waals surface area contributed by atoms with Crippen LogP contribution in [0.15, 0.2) is 42.7 Å². The van der Waals surface area contributed by atoms with E-state index in [2.05, 4.69) is 15.6 Å². The highest BCUT2D eigenvalue weighted by Crippen LogP contribution is 2.23. The molecule has 3 rings (SSSR count). The van der Waals surface area contributed by atoms with E-state index in [1.165, 1.54) is 0 Å². The molecule has 3 amide bonds. The molecule has 1 fully saturated rings. The first-order valence-electron chi connectivity index (χ1n) is 7.59. The summed E-state index contributed by atoms with van der Waals surface area (Å²) in [6, 6.07) is 7.84. The van der Waals surface area contributed by atoms with Gasteiger partial charge in [0, 0.05) is 35.3 Å². The average Bonchev–Trinajstić information content (AvgIpc) is 2.91. The Hall–Kier alpha value is -2.60. The Morgan fingerprint density at radius 1 is 1.29 bits per heavy atom. The van der Waals surface area contributed by atoms with Crippen LogP contribution in [-0.4, -0.2) is 29.5 Å². The van der Waals surface area contributed by atoms with Gasteiger partial charge in [0.2, 0.25) is 5.91 Å². The van der Waals surface area contributed by atoms with Crippen molar-refractivity contribution < 1.29 is 9.59 Å². The number of hydrogen-bond donors (Lipinski definition) is 2. The number of aromatic nitrogens is 1. The summed E-state index contributed by atoms with van der Waals surface area (Å²) in [5.41, 5.74) is 2.30. The van der Waals surface area contributed by atoms with Crippen LogP contribution in [0.4, 0.5) is 16.2 Å². The lowest BCUT2D eigenvalue weighted by Gasteiger charge is -2.17. The number of urea groups is 1. The van der Waals surface area contributed by atoms with Gasteiger partial charge in [-0.3, -0.25) is 9.78 Å². The van der Waals surface area contributed by atoms with Gasteiger partial charge in [-0.1, -0.05) is 11.6 Å². The van der Waals surface area contributed by atoms with Crippen molar-refractivity contribution in [3.05, 3.63) is 53.3 Å². The summed E-state index contributed by atoms with van der Waals surface area (Å²) in [5.74, 6) is -0.126. The number of hydrogen-bond acceptors (Lipinski definition) is 3. The maximum absolute atomic E-state index is 12.5. The molecule has 1 aliphatic heterocycles. The SMILES string of the molecule is Cc1cnccc1NC(=O)NC1CCN(c2ccc(Cl)cc2)C1=O. The first kappa shape index (κ1) is 16.3. The molecule has 1 atom stereocenters. The minimum atomic E-state index is -0.539. The van der Waals surface area contributed by atoms with Gasteiger partial charge in [0.05, 0.1) is 0 Å². The average molecular weight is 345 g/mol. The smallest absolute Gasteiger partial charge is 0.319 e. The normalized spacial score (nSPS) is 17.0. The van der Waals surface area contributed by atoms with E-state index in [9.17, 15) is 9.59 Å². The summed E-state index contributed by atoms with van der Waals surface area (Å²) in [7, 11) is 0. The number of carbonyl (C=O) groups is 2. The zero-order chi connectivity index (χ0) is 17.1. The highest BCUT2D eigenvalue weighted by Gasteiger charge is 2.33. The van der Waals surface area contributed by atoms with Crippen LogP contribution in [0.5, 0.6) is 0 Å². The Morgan fingerprint density at radius 2 is 2.04 bits per heavy atom. The van der Waals surface area contributed by atoms with E-state index in [1.807, 2.05) is 6.92 Å². The van der Waals surface area contributed by atoms with E-state index in [1.54, 1.807) is 47.6 Å². The maximum Gasteiger partial charge on any atom is 0.319 e. The van der Waals surface area contributed by atoms with Crippen LogP contribution in [0.1, 0.15) is 12.0 Å². The predicted molar refractivity (Wildman–Crippen MR) is 93.3 cm³/mol. The van der Waals surface area contributed by atoms with Crippen molar-refractivity contribution in [3.63, 3.8) is 0 Å². The van der Waals surface area contributed by atoms with Gasteiger partial charge >= 0.3 is 6.03 Å². The molecule has 124 valence electrons. The molecular formula is C17H17ClN4O2. The first-order chi connectivity index (χ1) is 11.5. The molecule has 1 aromatic heterocycles. The molecule has 0 radical (unpaired) electrons. The molecule has 2 heterocycles. The summed E-state index contributed by atoms with van der Waals surface area (Å²) in [6.45, 7) is 2.41. The number of rotatable bonds is 3. The second-order valence-electron chi connectivity index (χ2n) is 5.60. The molecule has 1 aromatic carbocycles. The van der Waals surface area contributed by atoms with Gasteiger partial charge in [-0.15, -0.1) is 0 Å². The van der Waals surface area contributed by atoms with Gasteiger partial charge in [-0.25, -0.2) is 4.79 Å². The zero-order valence-corrected chi connectivity index (χ0v) is 13.9. The summed E-state index contributed by atoms with van der Waals surface area (Å²) in [5, 5.41) is 6.09. The molecular weight excluding hydrogens is 328 g/mol. The van der Waals surface area contributed by atoms with Gasteiger partial charge in [0.15, 0.2) is 0 Å². The fourth-order valence-electron chi connectivity index (χ4n) is 2.62. The quantitative estimate of drug-likeness (QED) is 0.899. The van der Waals surface area contributed by atoms with Gasteiger partial charge in [-0.2, -0.15) is 0 Å². The molecule has 0 aliphatic carbocycles. The van der Waals surface area contributed by atoms with Crippen LogP contribution >= 0.6 is 11.6 Å². The highest BCUT2D eigenvalue weighted by atomic mass is 35.5. The molecule has 7 heteroatoms. The Labute approximate surface area is 144 Å². The number of aryl methyl sites for hydroxylation is 1. The third kappa shape index (κ3) is 3.49. The largest absolute Gasteiger partial charge is 0.326 e. The molecule has 2 aromatic rings. The van der Waals surface area contributed by atoms with Gasteiger partial charge in [-0.05, 0) is 49.2 Å². The van der Waals surface area contributed by atoms with Gasteiger partial charge in [0.1, 0.15) is 6.04 Å². The first-order valence-corrected chi connectivity index (χ1v) is 7.97. The van der Waals surface area contributed by atoms with Crippen molar-refractivity contribution in [3.8, 4) is 0 Å². The van der Waals surface area contributed by atoms with Gasteiger partial charge in [0.25, 0.3) is 0 Å². The number of nitrogens with one attached hydrogen (secondary N) is 2. The Bertz CT molecular complexity index is 763. The van der Waals surface area contributed by atoms with Crippen LogP contribution in [-0.2, 0) is 4.79 Å². The second-order valence-corrected chi connectivity index (χ2v) is 6.03. The van der Waals surface area contributed by atoms with E-state index in [0.29, 0.717) is 23.7 Å². The van der Waals surface area contributed by atoms with Crippen molar-refractivity contribution in [1.29, 1.82) is 0 Å². The van der Waals surface area contributed by atoms with E-state index in [4.69, 9.17) is 11.6 Å². The molecule has 0 spiro atoms. The van der Waals surface area contributed by atoms with E-state index in [-0.39, 0.29) is 5.91 Å². The number of benzene rings is 1. The molecule has 0 bridgehead atoms. The molecule has 24 heavy (non-hydrogen) atoms. The Balaban J connectivity index is 1.62. The third-order valence-electron chi connectivity index (χ3n) is 3.92. The molecule has 6 nitrogen and oxygen atoms in total. The second kappa shape index (κ2) is 6.88. The van der Waals surface area contributed by atoms with Crippen LogP contribution in [0.3, 0.4) is 0 Å². The summed E-state index contributed by atoms with van der Waals surface area (Å²) in [6.07, 6.45) is 3.83. The standard InChI is InChI=1S/C17H17ClN4O2/c1-11-10-19-8-6-14(11)20-17(24)21-15-7-9-22(16(15)23)13-4-2-12(18)3-5-13/h2-6,8,10,15H,7,9H2,1H3,(H2,19,20,21,24). The highest BCUT2D eigenvalue weighted by molar-refractivity contribution is 6.30. The van der Waals surface area contributed by atoms with E-state index >= 15 is 0 Å². The van der Waals surface area contributed by atoms with E-state index < -0.39 is 12.1 Å². The monoisotopic (exact) mass is 344 g/mol. The lowest BCUT2D eigenvalue weighted by Crippen LogP contribution is -2.43. The van der Waals surface area contributed by atoms with Crippen molar-refractivity contribution >= 4 is 34.9 Å². The summed E-state index contributed by atoms with van der Waals surface area (Å²) < 4.78 is 0. The van der Waals surface area contributed by atoms with Crippen molar-refractivity contribution in [2.75, 3.05) is 16.8 Å². The minimum Gasteiger partial charge on any atom is -0.326 e. The minimum absolute atomic E-state index is 0.126. The number of nitrogens with zero attached hydrogens (tertiary/aromatic N) is 2. The lowest BCUT2D eigenvalue weighted by atomic mass is 10.2. The van der Waals surface area contributed by atoms with Crippen molar-refractivity contribution in [2.45, 2.75) is 19.4 Å². The fraction of sp³-hybridized carbons (Fsp3) is 0.235. The van der Waals surface area contributed by atoms with E-state index in [0.717, 1.165) is 11.3 Å². The summed E-state index contributed by atoms with van der Waals surface area (Å²) in [4.78, 5) is 30.2. The fourth-order valence-corrected chi connectivity index (χ4v) is 2.75. The third-order valence-corrected chi connectivity index (χ3v) is 4.17. The number of carbonyl (C=O) groups excluding carboxylic acids is 2. The Kier molecular flexibility index (Phi) is 4.66. The number of halogens is 1. The van der Waals surface area contributed by atoms with Crippen LogP contribution in [0.2, 0.25) is 5.02 Å². The summed E-state index contributed by atoms with van der Waals surface area (Å²) >= 11 is 5.87. The maximum atomic E-state index is 12.5. The van der Waals surface area contributed by atoms with Crippen LogP contribution < -0.4 is 15.5 Å². The molecule has 1 aliphatic rings. The molecule has 1 saturated heterocycles. The predicted octanol–water partition coefficient (Wildman–Crippen LogP) is 2.97. The number of anilines is 2. The van der Waals surface area contributed by atoms with Crippen molar-refractivity contribution in [1.82, 2.24) is 10.3 Å². The molecule has 0 saturated carbocycles. The van der Waals surface area contributed by atoms with Crippen LogP contribution in [0.25, 0.3) is 0 Å². The lowest BCUT2D eigenvalue weighted by molar-refractivity contribution is -0.118. The number of amides is 3. The topological polar surface area (TPSA) is 74.3 Å². The van der Waals surface area contributed by atoms with Crippen LogP contribution in [0, 0.1) is 6.92 Å². The number of pyridine rings is 1. The Morgan fingerprint density at radius 3 is 2.75 bits per heavy atom.